The monoisotopic (exact) mass is 299 g/mol. The van der Waals surface area contributed by atoms with Crippen molar-refractivity contribution in [3.8, 4) is 0 Å². The lowest BCUT2D eigenvalue weighted by atomic mass is 9.87. The molecule has 104 valence electrons. The molecule has 3 nitrogen and oxygen atoms in total. The summed E-state index contributed by atoms with van der Waals surface area (Å²) in [4.78, 5) is 0.332. The van der Waals surface area contributed by atoms with Crippen LogP contribution in [0.3, 0.4) is 0 Å². The van der Waals surface area contributed by atoms with E-state index in [0.29, 0.717) is 9.92 Å². The van der Waals surface area contributed by atoms with Crippen molar-refractivity contribution in [2.45, 2.75) is 55.5 Å². The topological polar surface area (TPSA) is 37.4 Å². The van der Waals surface area contributed by atoms with Crippen molar-refractivity contribution in [1.29, 1.82) is 0 Å². The molecule has 5 heteroatoms. The Morgan fingerprint density at radius 2 is 1.63 bits per heavy atom. The van der Waals surface area contributed by atoms with E-state index in [1.165, 1.54) is 0 Å². The van der Waals surface area contributed by atoms with Crippen molar-refractivity contribution < 1.29 is 8.42 Å². The summed E-state index contributed by atoms with van der Waals surface area (Å²) in [5.74, 6) is 0. The third kappa shape index (κ3) is 2.41. The molecule has 19 heavy (non-hydrogen) atoms. The van der Waals surface area contributed by atoms with Crippen LogP contribution in [0.15, 0.2) is 29.2 Å². The van der Waals surface area contributed by atoms with Crippen LogP contribution in [0.1, 0.15) is 38.5 Å². The van der Waals surface area contributed by atoms with Gasteiger partial charge in [-0.05, 0) is 43.9 Å². The summed E-state index contributed by atoms with van der Waals surface area (Å²) in [6.07, 6.45) is 6.28. The van der Waals surface area contributed by atoms with E-state index >= 15 is 0 Å². The van der Waals surface area contributed by atoms with Crippen molar-refractivity contribution in [2.75, 3.05) is 0 Å². The van der Waals surface area contributed by atoms with Gasteiger partial charge < -0.3 is 0 Å². The second kappa shape index (κ2) is 5.08. The Kier molecular flexibility index (Phi) is 3.58. The maximum atomic E-state index is 12.8. The highest BCUT2D eigenvalue weighted by Gasteiger charge is 2.41. The fourth-order valence-corrected chi connectivity index (χ4v) is 5.65. The Morgan fingerprint density at radius 3 is 2.16 bits per heavy atom. The molecule has 2 aliphatic heterocycles. The van der Waals surface area contributed by atoms with E-state index in [9.17, 15) is 8.42 Å². The molecule has 0 N–H and O–H groups in total. The number of rotatable bonds is 2. The third-order valence-electron chi connectivity index (χ3n) is 4.24. The van der Waals surface area contributed by atoms with Crippen molar-refractivity contribution in [1.82, 2.24) is 4.31 Å². The van der Waals surface area contributed by atoms with Crippen LogP contribution in [-0.4, -0.2) is 24.8 Å². The van der Waals surface area contributed by atoms with Crippen LogP contribution in [0, 0.1) is 0 Å². The molecule has 2 saturated heterocycles. The van der Waals surface area contributed by atoms with Crippen molar-refractivity contribution in [2.24, 2.45) is 0 Å². The van der Waals surface area contributed by atoms with Gasteiger partial charge in [0.15, 0.2) is 0 Å². The second-order valence-electron chi connectivity index (χ2n) is 5.46. The fourth-order valence-electron chi connectivity index (χ4n) is 3.42. The first-order chi connectivity index (χ1) is 9.09. The summed E-state index contributed by atoms with van der Waals surface area (Å²) >= 11 is 5.93. The minimum Gasteiger partial charge on any atom is -0.207 e. The lowest BCUT2D eigenvalue weighted by Gasteiger charge is -2.44. The molecule has 1 aromatic carbocycles. The highest BCUT2D eigenvalue weighted by atomic mass is 35.5. The number of piperidine rings is 2. The summed E-state index contributed by atoms with van der Waals surface area (Å²) in [5.41, 5.74) is 0. The van der Waals surface area contributed by atoms with E-state index in [1.807, 2.05) is 0 Å². The number of hydrogen-bond donors (Lipinski definition) is 0. The van der Waals surface area contributed by atoms with Crippen molar-refractivity contribution in [3.63, 3.8) is 0 Å². The van der Waals surface area contributed by atoms with Gasteiger partial charge in [-0.3, -0.25) is 0 Å². The molecule has 2 aliphatic rings. The largest absolute Gasteiger partial charge is 0.243 e. The summed E-state index contributed by atoms with van der Waals surface area (Å²) in [6.45, 7) is 0. The van der Waals surface area contributed by atoms with Gasteiger partial charge in [-0.15, -0.1) is 0 Å². The predicted molar refractivity (Wildman–Crippen MR) is 75.8 cm³/mol. The molecule has 0 unspecified atom stereocenters. The SMILES string of the molecule is O=S(=O)(c1cccc(Cl)c1)N1C2CCCC1CCC2. The van der Waals surface area contributed by atoms with Gasteiger partial charge in [-0.25, -0.2) is 8.42 Å². The van der Waals surface area contributed by atoms with Crippen molar-refractivity contribution in [3.05, 3.63) is 29.3 Å². The lowest BCUT2D eigenvalue weighted by molar-refractivity contribution is 0.124. The molecular weight excluding hydrogens is 282 g/mol. The molecule has 2 fully saturated rings. The van der Waals surface area contributed by atoms with Gasteiger partial charge in [-0.1, -0.05) is 30.5 Å². The quantitative estimate of drug-likeness (QED) is 0.839. The molecule has 0 spiro atoms. The van der Waals surface area contributed by atoms with Crippen LogP contribution in [0.5, 0.6) is 0 Å². The number of fused-ring (bicyclic) bond motifs is 2. The van der Waals surface area contributed by atoms with Crippen LogP contribution in [0.4, 0.5) is 0 Å². The number of benzene rings is 1. The molecule has 0 radical (unpaired) electrons. The highest BCUT2D eigenvalue weighted by molar-refractivity contribution is 7.89. The van der Waals surface area contributed by atoms with Gasteiger partial charge >= 0.3 is 0 Å². The summed E-state index contributed by atoms with van der Waals surface area (Å²) < 4.78 is 27.4. The smallest absolute Gasteiger partial charge is 0.207 e. The second-order valence-corrected chi connectivity index (χ2v) is 7.74. The van der Waals surface area contributed by atoms with Crippen LogP contribution in [0.25, 0.3) is 0 Å². The van der Waals surface area contributed by atoms with E-state index in [0.717, 1.165) is 38.5 Å². The predicted octanol–water partition coefficient (Wildman–Crippen LogP) is 3.44. The molecule has 1 aromatic rings. The maximum Gasteiger partial charge on any atom is 0.243 e. The standard InChI is InChI=1S/C14H18ClNO2S/c15-11-4-1-9-14(10-11)19(17,18)16-12-5-2-6-13(16)8-3-7-12/h1,4,9-10,12-13H,2-3,5-8H2. The third-order valence-corrected chi connectivity index (χ3v) is 6.48. The van der Waals surface area contributed by atoms with E-state index in [4.69, 9.17) is 11.6 Å². The zero-order valence-electron chi connectivity index (χ0n) is 10.8. The average Bonchev–Trinajstić information content (AvgIpc) is 2.38. The molecule has 0 saturated carbocycles. The zero-order chi connectivity index (χ0) is 13.5. The highest BCUT2D eigenvalue weighted by Crippen LogP contribution is 2.38. The summed E-state index contributed by atoms with van der Waals surface area (Å²) in [5, 5.41) is 0.475. The van der Waals surface area contributed by atoms with E-state index in [2.05, 4.69) is 0 Å². The van der Waals surface area contributed by atoms with Gasteiger partial charge in [0.1, 0.15) is 0 Å². The number of halogens is 1. The Bertz CT molecular complexity index is 551. The number of sulfonamides is 1. The first kappa shape index (κ1) is 13.4. The maximum absolute atomic E-state index is 12.8. The molecule has 2 bridgehead atoms. The lowest BCUT2D eigenvalue weighted by Crippen LogP contribution is -2.52. The van der Waals surface area contributed by atoms with Crippen LogP contribution >= 0.6 is 11.6 Å². The van der Waals surface area contributed by atoms with Crippen LogP contribution in [0.2, 0.25) is 5.02 Å². The molecule has 0 amide bonds. The van der Waals surface area contributed by atoms with E-state index in [-0.39, 0.29) is 12.1 Å². The Labute approximate surface area is 119 Å². The number of hydrogen-bond acceptors (Lipinski definition) is 2. The minimum absolute atomic E-state index is 0.191. The molecule has 2 heterocycles. The average molecular weight is 300 g/mol. The van der Waals surface area contributed by atoms with Gasteiger partial charge in [0.2, 0.25) is 10.0 Å². The fraction of sp³-hybridized carbons (Fsp3) is 0.571. The minimum atomic E-state index is -3.39. The molecule has 0 atom stereocenters. The van der Waals surface area contributed by atoms with Crippen LogP contribution in [-0.2, 0) is 10.0 Å². The van der Waals surface area contributed by atoms with E-state index < -0.39 is 10.0 Å². The summed E-state index contributed by atoms with van der Waals surface area (Å²) in [7, 11) is -3.39. The van der Waals surface area contributed by atoms with Gasteiger partial charge in [0.25, 0.3) is 0 Å². The summed E-state index contributed by atoms with van der Waals surface area (Å²) in [6, 6.07) is 6.99. The van der Waals surface area contributed by atoms with Crippen LogP contribution < -0.4 is 0 Å². The molecule has 0 aromatic heterocycles. The molecule has 0 aliphatic carbocycles. The zero-order valence-corrected chi connectivity index (χ0v) is 12.3. The van der Waals surface area contributed by atoms with Gasteiger partial charge in [0.05, 0.1) is 4.90 Å². The molecular formula is C14H18ClNO2S. The Balaban J connectivity index is 2.00. The molecule has 3 rings (SSSR count). The van der Waals surface area contributed by atoms with E-state index in [1.54, 1.807) is 28.6 Å². The Morgan fingerprint density at radius 1 is 1.05 bits per heavy atom. The van der Waals surface area contributed by atoms with Gasteiger partial charge in [0, 0.05) is 17.1 Å². The number of nitrogens with zero attached hydrogens (tertiary/aromatic N) is 1. The Hall–Kier alpha value is -0.580. The first-order valence-corrected chi connectivity index (χ1v) is 8.70. The first-order valence-electron chi connectivity index (χ1n) is 6.88. The normalized spacial score (nSPS) is 28.3. The van der Waals surface area contributed by atoms with Crippen molar-refractivity contribution >= 4 is 21.6 Å². The van der Waals surface area contributed by atoms with Gasteiger partial charge in [-0.2, -0.15) is 4.31 Å².